The van der Waals surface area contributed by atoms with E-state index in [4.69, 9.17) is 0 Å². The average molecular weight is 516 g/mol. The first-order valence-electron chi connectivity index (χ1n) is 15.3. The van der Waals surface area contributed by atoms with Crippen LogP contribution in [0, 0.1) is 5.92 Å². The van der Waals surface area contributed by atoms with Crippen LogP contribution in [0.15, 0.2) is 41.7 Å². The molecule has 3 atom stereocenters. The minimum Gasteiger partial charge on any atom is -0.394 e. The second-order valence-electron chi connectivity index (χ2n) is 11.2. The molecule has 0 fully saturated rings. The molecular formula is C32H55N2O3+. The zero-order valence-corrected chi connectivity index (χ0v) is 23.8. The lowest BCUT2D eigenvalue weighted by Gasteiger charge is -2.21. The maximum Gasteiger partial charge on any atom is 0.220 e. The minimum atomic E-state index is -0.759. The largest absolute Gasteiger partial charge is 0.394 e. The monoisotopic (exact) mass is 515 g/mol. The third-order valence-electron chi connectivity index (χ3n) is 7.88. The van der Waals surface area contributed by atoms with Crippen LogP contribution in [-0.4, -0.2) is 34.9 Å². The van der Waals surface area contributed by atoms with Gasteiger partial charge >= 0.3 is 0 Å². The van der Waals surface area contributed by atoms with E-state index in [1.165, 1.54) is 69.8 Å². The van der Waals surface area contributed by atoms with Gasteiger partial charge in [-0.15, -0.1) is 0 Å². The molecule has 1 aliphatic carbocycles. The van der Waals surface area contributed by atoms with Crippen LogP contribution in [0.3, 0.4) is 0 Å². The zero-order valence-electron chi connectivity index (χ0n) is 23.8. The molecule has 5 nitrogen and oxygen atoms in total. The quantitative estimate of drug-likeness (QED) is 0.0896. The number of nitrogens with one attached hydrogen (secondary N) is 1. The molecule has 1 aromatic rings. The summed E-state index contributed by atoms with van der Waals surface area (Å²) in [7, 11) is 0. The Morgan fingerprint density at radius 3 is 2.11 bits per heavy atom. The molecule has 210 valence electrons. The molecule has 0 bridgehead atoms. The highest BCUT2D eigenvalue weighted by Gasteiger charge is 2.35. The number of carbonyl (C=O) groups is 1. The summed E-state index contributed by atoms with van der Waals surface area (Å²) in [5.41, 5.74) is 2.38. The van der Waals surface area contributed by atoms with Crippen LogP contribution in [0.1, 0.15) is 123 Å². The predicted octanol–water partition coefficient (Wildman–Crippen LogP) is 6.41. The Morgan fingerprint density at radius 2 is 1.46 bits per heavy atom. The van der Waals surface area contributed by atoms with E-state index in [1.807, 2.05) is 6.07 Å². The SMILES string of the molecule is CCCCCCCCCCCC(C)C1=C([C@@H](O)[C@H](CO)NC(=O)CCCCCCC[n+]2ccccc2)C1. The van der Waals surface area contributed by atoms with Gasteiger partial charge in [0.1, 0.15) is 6.54 Å². The molecular weight excluding hydrogens is 460 g/mol. The van der Waals surface area contributed by atoms with E-state index in [-0.39, 0.29) is 12.5 Å². The number of amides is 1. The fourth-order valence-electron chi connectivity index (χ4n) is 5.32. The van der Waals surface area contributed by atoms with Crippen molar-refractivity contribution in [2.24, 2.45) is 5.92 Å². The number of carbonyl (C=O) groups excluding carboxylic acids is 1. The number of unbranched alkanes of at least 4 members (excludes halogenated alkanes) is 12. The fourth-order valence-corrected chi connectivity index (χ4v) is 5.32. The normalized spacial score (nSPS) is 15.5. The van der Waals surface area contributed by atoms with Crippen LogP contribution in [0.25, 0.3) is 0 Å². The van der Waals surface area contributed by atoms with Crippen molar-refractivity contribution in [3.05, 3.63) is 41.7 Å². The number of nitrogens with zero attached hydrogens (tertiary/aromatic N) is 1. The molecule has 0 saturated heterocycles. The average Bonchev–Trinajstić information content (AvgIpc) is 3.71. The maximum absolute atomic E-state index is 12.4. The van der Waals surface area contributed by atoms with Gasteiger partial charge in [0.05, 0.1) is 18.8 Å². The van der Waals surface area contributed by atoms with Gasteiger partial charge in [0, 0.05) is 25.0 Å². The smallest absolute Gasteiger partial charge is 0.220 e. The van der Waals surface area contributed by atoms with E-state index in [0.29, 0.717) is 12.3 Å². The Labute approximate surface area is 226 Å². The van der Waals surface area contributed by atoms with E-state index >= 15 is 0 Å². The number of aliphatic hydroxyl groups is 2. The first-order chi connectivity index (χ1) is 18.1. The molecule has 0 spiro atoms. The summed E-state index contributed by atoms with van der Waals surface area (Å²) in [5, 5.41) is 23.5. The van der Waals surface area contributed by atoms with Gasteiger partial charge in [-0.25, -0.2) is 4.57 Å². The summed E-state index contributed by atoms with van der Waals surface area (Å²) in [6, 6.07) is 5.54. The van der Waals surface area contributed by atoms with Crippen molar-refractivity contribution in [3.63, 3.8) is 0 Å². The van der Waals surface area contributed by atoms with Gasteiger partial charge < -0.3 is 15.5 Å². The Bertz CT molecular complexity index is 765. The van der Waals surface area contributed by atoms with Crippen molar-refractivity contribution in [2.75, 3.05) is 6.61 Å². The lowest BCUT2D eigenvalue weighted by molar-refractivity contribution is -0.697. The second-order valence-corrected chi connectivity index (χ2v) is 11.2. The van der Waals surface area contributed by atoms with Crippen LogP contribution in [-0.2, 0) is 11.3 Å². The van der Waals surface area contributed by atoms with Gasteiger partial charge in [0.25, 0.3) is 0 Å². The number of pyridine rings is 1. The Kier molecular flexibility index (Phi) is 16.5. The van der Waals surface area contributed by atoms with Crippen molar-refractivity contribution >= 4 is 5.91 Å². The Morgan fingerprint density at radius 1 is 0.865 bits per heavy atom. The Hall–Kier alpha value is -1.72. The van der Waals surface area contributed by atoms with Crippen molar-refractivity contribution < 1.29 is 19.6 Å². The van der Waals surface area contributed by atoms with Crippen LogP contribution in [0.2, 0.25) is 0 Å². The standard InChI is InChI=1S/C32H54N2O3/c1-3-4-5-6-7-8-9-11-15-20-27(2)28-25-29(28)32(37)30(26-35)33-31(36)21-16-12-10-13-17-22-34-23-18-14-19-24-34/h14,18-19,23-24,27,30,32,35,37H,3-13,15-17,20-22,25-26H2,1-2H3/p+1/t27?,30-,32+/m0/s1. The molecule has 1 unspecified atom stereocenters. The van der Waals surface area contributed by atoms with E-state index in [1.54, 1.807) is 0 Å². The zero-order chi connectivity index (χ0) is 26.7. The molecule has 0 aliphatic heterocycles. The highest BCUT2D eigenvalue weighted by atomic mass is 16.3. The molecule has 3 N–H and O–H groups in total. The highest BCUT2D eigenvalue weighted by Crippen LogP contribution is 2.42. The number of hydrogen-bond acceptors (Lipinski definition) is 3. The molecule has 2 rings (SSSR count). The maximum atomic E-state index is 12.4. The number of aromatic nitrogens is 1. The van der Waals surface area contributed by atoms with Crippen molar-refractivity contribution in [3.8, 4) is 0 Å². The lowest BCUT2D eigenvalue weighted by Crippen LogP contribution is -2.45. The summed E-state index contributed by atoms with van der Waals surface area (Å²) in [6.07, 6.45) is 23.3. The number of allylic oxidation sites excluding steroid dienone is 1. The van der Waals surface area contributed by atoms with Gasteiger partial charge in [-0.3, -0.25) is 4.79 Å². The van der Waals surface area contributed by atoms with Gasteiger partial charge in [-0.1, -0.05) is 96.1 Å². The van der Waals surface area contributed by atoms with Crippen molar-refractivity contribution in [1.29, 1.82) is 0 Å². The molecule has 5 heteroatoms. The molecule has 37 heavy (non-hydrogen) atoms. The first kappa shape index (κ1) is 31.5. The van der Waals surface area contributed by atoms with E-state index in [2.05, 4.69) is 48.3 Å². The third-order valence-corrected chi connectivity index (χ3v) is 7.88. The lowest BCUT2D eigenvalue weighted by atomic mass is 9.99. The summed E-state index contributed by atoms with van der Waals surface area (Å²) in [5.74, 6) is 0.424. The molecule has 0 saturated carbocycles. The van der Waals surface area contributed by atoms with Gasteiger partial charge in [-0.2, -0.15) is 0 Å². The van der Waals surface area contributed by atoms with Crippen LogP contribution < -0.4 is 9.88 Å². The summed E-state index contributed by atoms with van der Waals surface area (Å²) < 4.78 is 2.20. The van der Waals surface area contributed by atoms with Crippen LogP contribution in [0.5, 0.6) is 0 Å². The first-order valence-corrected chi connectivity index (χ1v) is 15.3. The van der Waals surface area contributed by atoms with Crippen molar-refractivity contribution in [1.82, 2.24) is 5.32 Å². The van der Waals surface area contributed by atoms with E-state index in [0.717, 1.165) is 50.6 Å². The summed E-state index contributed by atoms with van der Waals surface area (Å²) in [6.45, 7) is 5.32. The summed E-state index contributed by atoms with van der Waals surface area (Å²) >= 11 is 0. The molecule has 1 aliphatic rings. The Balaban J connectivity index is 1.54. The van der Waals surface area contributed by atoms with E-state index < -0.39 is 12.1 Å². The number of hydrogen-bond donors (Lipinski definition) is 3. The number of aryl methyl sites for hydroxylation is 1. The molecule has 1 amide bonds. The number of aliphatic hydroxyl groups excluding tert-OH is 2. The summed E-state index contributed by atoms with van der Waals surface area (Å²) in [4.78, 5) is 12.4. The number of rotatable bonds is 23. The fraction of sp³-hybridized carbons (Fsp3) is 0.750. The van der Waals surface area contributed by atoms with Gasteiger partial charge in [-0.05, 0) is 37.2 Å². The molecule has 1 heterocycles. The topological polar surface area (TPSA) is 73.4 Å². The molecule has 0 radical (unpaired) electrons. The van der Waals surface area contributed by atoms with E-state index in [9.17, 15) is 15.0 Å². The second kappa shape index (κ2) is 19.4. The van der Waals surface area contributed by atoms with Crippen LogP contribution >= 0.6 is 0 Å². The third kappa shape index (κ3) is 13.6. The molecule has 1 aromatic heterocycles. The predicted molar refractivity (Wildman–Crippen MR) is 152 cm³/mol. The minimum absolute atomic E-state index is 0.0662. The molecule has 0 aromatic carbocycles. The van der Waals surface area contributed by atoms with Crippen molar-refractivity contribution in [2.45, 2.75) is 142 Å². The van der Waals surface area contributed by atoms with Gasteiger partial charge in [0.2, 0.25) is 5.91 Å². The highest BCUT2D eigenvalue weighted by molar-refractivity contribution is 5.76. The van der Waals surface area contributed by atoms with Gasteiger partial charge in [0.15, 0.2) is 12.4 Å². The van der Waals surface area contributed by atoms with Crippen LogP contribution in [0.4, 0.5) is 0 Å².